The van der Waals surface area contributed by atoms with Gasteiger partial charge in [-0.3, -0.25) is 14.4 Å². The number of Topliss-reactive ketones (excluding diaryl/α,β-unsaturated/α-hetero) is 1. The summed E-state index contributed by atoms with van der Waals surface area (Å²) in [6.07, 6.45) is 1.58. The Labute approximate surface area is 182 Å². The third-order valence-electron chi connectivity index (χ3n) is 5.23. The van der Waals surface area contributed by atoms with Crippen LogP contribution < -0.4 is 10.6 Å². The van der Waals surface area contributed by atoms with Gasteiger partial charge in [-0.05, 0) is 43.7 Å². The second kappa shape index (κ2) is 8.26. The van der Waals surface area contributed by atoms with Crippen molar-refractivity contribution in [3.05, 3.63) is 51.4 Å². The van der Waals surface area contributed by atoms with Crippen molar-refractivity contribution in [2.45, 2.75) is 19.4 Å². The number of carbonyl (C=O) groups excluding carboxylic acids is 3. The second-order valence-electron chi connectivity index (χ2n) is 7.60. The molecule has 0 radical (unpaired) electrons. The molecule has 0 spiro atoms. The van der Waals surface area contributed by atoms with Gasteiger partial charge in [-0.25, -0.2) is 0 Å². The number of hydrogen-bond donors (Lipinski definition) is 2. The van der Waals surface area contributed by atoms with Crippen LogP contribution in [-0.4, -0.2) is 50.1 Å². The minimum atomic E-state index is -0.734. The van der Waals surface area contributed by atoms with Gasteiger partial charge < -0.3 is 24.5 Å². The number of ether oxygens (including phenoxy) is 2. The topological polar surface area (TPSA) is 107 Å². The predicted molar refractivity (Wildman–Crippen MR) is 116 cm³/mol. The predicted octanol–water partition coefficient (Wildman–Crippen LogP) is 3.08. The molecule has 1 aliphatic rings. The highest BCUT2D eigenvalue weighted by Gasteiger charge is 2.42. The van der Waals surface area contributed by atoms with Crippen LogP contribution in [0.2, 0.25) is 0 Å². The van der Waals surface area contributed by atoms with Crippen molar-refractivity contribution >= 4 is 45.6 Å². The third kappa shape index (κ3) is 3.99. The van der Waals surface area contributed by atoms with E-state index < -0.39 is 17.2 Å². The number of fused-ring (bicyclic) bond motifs is 1. The molecule has 0 saturated carbocycles. The fourth-order valence-corrected chi connectivity index (χ4v) is 4.75. The van der Waals surface area contributed by atoms with Crippen molar-refractivity contribution < 1.29 is 28.3 Å². The van der Waals surface area contributed by atoms with E-state index in [1.165, 1.54) is 7.11 Å². The monoisotopic (exact) mass is 442 g/mol. The van der Waals surface area contributed by atoms with E-state index in [1.807, 2.05) is 12.1 Å². The number of rotatable bonds is 7. The molecule has 4 rings (SSSR count). The lowest BCUT2D eigenvalue weighted by Crippen LogP contribution is -2.65. The number of aryl methyl sites for hydroxylation is 1. The number of carbonyl (C=O) groups is 3. The highest BCUT2D eigenvalue weighted by molar-refractivity contribution is 7.15. The first-order valence-electron chi connectivity index (χ1n) is 9.66. The number of thiophene rings is 1. The standard InChI is InChI=1S/C22H22N2O6S/c1-12-17(20(26)23-15-4-5-16-14(8-15)6-7-30-16)13(2)31-19(12)18(25)21(27)24-22(9-28-3)10-29-11-22/h4-8H,9-11H2,1-3H3,(H,23,26)(H,24,27). The maximum absolute atomic E-state index is 12.9. The van der Waals surface area contributed by atoms with Crippen LogP contribution in [0.3, 0.4) is 0 Å². The highest BCUT2D eigenvalue weighted by Crippen LogP contribution is 2.30. The average Bonchev–Trinajstić information content (AvgIpc) is 3.29. The molecular weight excluding hydrogens is 420 g/mol. The average molecular weight is 442 g/mol. The van der Waals surface area contributed by atoms with E-state index in [-0.39, 0.29) is 30.6 Å². The molecule has 3 aromatic rings. The molecule has 2 amide bonds. The summed E-state index contributed by atoms with van der Waals surface area (Å²) in [4.78, 5) is 39.3. The lowest BCUT2D eigenvalue weighted by atomic mass is 9.98. The highest BCUT2D eigenvalue weighted by atomic mass is 32.1. The molecule has 2 N–H and O–H groups in total. The normalized spacial score (nSPS) is 14.8. The van der Waals surface area contributed by atoms with E-state index in [9.17, 15) is 14.4 Å². The quantitative estimate of drug-likeness (QED) is 0.430. The van der Waals surface area contributed by atoms with Crippen molar-refractivity contribution in [3.63, 3.8) is 0 Å². The number of amides is 2. The van der Waals surface area contributed by atoms with Crippen molar-refractivity contribution in [3.8, 4) is 0 Å². The Hall–Kier alpha value is -3.01. The zero-order valence-corrected chi connectivity index (χ0v) is 18.2. The minimum absolute atomic E-state index is 0.248. The number of methoxy groups -OCH3 is 1. The summed E-state index contributed by atoms with van der Waals surface area (Å²) >= 11 is 1.14. The Balaban J connectivity index is 1.52. The summed E-state index contributed by atoms with van der Waals surface area (Å²) in [6.45, 7) is 4.26. The van der Waals surface area contributed by atoms with Gasteiger partial charge in [0.25, 0.3) is 17.6 Å². The summed E-state index contributed by atoms with van der Waals surface area (Å²) in [5.41, 5.74) is 1.53. The summed E-state index contributed by atoms with van der Waals surface area (Å²) in [5, 5.41) is 6.45. The summed E-state index contributed by atoms with van der Waals surface area (Å²) in [7, 11) is 1.52. The molecule has 162 valence electrons. The zero-order valence-electron chi connectivity index (χ0n) is 17.4. The Morgan fingerprint density at radius 3 is 2.65 bits per heavy atom. The van der Waals surface area contributed by atoms with Gasteiger partial charge in [0.05, 0.1) is 36.5 Å². The van der Waals surface area contributed by atoms with Crippen molar-refractivity contribution in [1.82, 2.24) is 5.32 Å². The van der Waals surface area contributed by atoms with Gasteiger partial charge in [-0.2, -0.15) is 0 Å². The first kappa shape index (κ1) is 21.2. The van der Waals surface area contributed by atoms with Crippen LogP contribution in [0.4, 0.5) is 5.69 Å². The Kier molecular flexibility index (Phi) is 5.65. The van der Waals surface area contributed by atoms with Crippen LogP contribution in [0.5, 0.6) is 0 Å². The Morgan fingerprint density at radius 1 is 1.19 bits per heavy atom. The number of ketones is 1. The third-order valence-corrected chi connectivity index (χ3v) is 6.43. The second-order valence-corrected chi connectivity index (χ2v) is 8.83. The largest absolute Gasteiger partial charge is 0.464 e. The molecule has 0 bridgehead atoms. The first-order valence-corrected chi connectivity index (χ1v) is 10.5. The van der Waals surface area contributed by atoms with Gasteiger partial charge >= 0.3 is 0 Å². The van der Waals surface area contributed by atoms with E-state index in [0.29, 0.717) is 21.7 Å². The fourth-order valence-electron chi connectivity index (χ4n) is 3.66. The molecule has 9 heteroatoms. The molecule has 31 heavy (non-hydrogen) atoms. The Morgan fingerprint density at radius 2 is 1.97 bits per heavy atom. The molecule has 0 unspecified atom stereocenters. The maximum atomic E-state index is 12.9. The molecule has 1 saturated heterocycles. The molecule has 1 fully saturated rings. The summed E-state index contributed by atoms with van der Waals surface area (Å²) in [5.74, 6) is -1.74. The number of anilines is 1. The molecule has 2 aromatic heterocycles. The lowest BCUT2D eigenvalue weighted by Gasteiger charge is -2.41. The zero-order chi connectivity index (χ0) is 22.2. The van der Waals surface area contributed by atoms with Gasteiger partial charge in [0.15, 0.2) is 0 Å². The van der Waals surface area contributed by atoms with Crippen LogP contribution in [0.25, 0.3) is 11.0 Å². The van der Waals surface area contributed by atoms with E-state index in [2.05, 4.69) is 10.6 Å². The van der Waals surface area contributed by atoms with Gasteiger partial charge in [0.2, 0.25) is 0 Å². The number of hydrogen-bond acceptors (Lipinski definition) is 7. The minimum Gasteiger partial charge on any atom is -0.464 e. The number of furan rings is 1. The fraction of sp³-hybridized carbons (Fsp3) is 0.318. The van der Waals surface area contributed by atoms with Gasteiger partial charge in [0, 0.05) is 23.1 Å². The van der Waals surface area contributed by atoms with Crippen LogP contribution in [-0.2, 0) is 14.3 Å². The van der Waals surface area contributed by atoms with Gasteiger partial charge in [-0.15, -0.1) is 11.3 Å². The molecule has 1 aromatic carbocycles. The molecule has 0 aliphatic carbocycles. The smallest absolute Gasteiger partial charge is 0.293 e. The molecular formula is C22H22N2O6S. The van der Waals surface area contributed by atoms with Gasteiger partial charge in [-0.1, -0.05) is 0 Å². The van der Waals surface area contributed by atoms with E-state index in [4.69, 9.17) is 13.9 Å². The lowest BCUT2D eigenvalue weighted by molar-refractivity contribution is -0.135. The van der Waals surface area contributed by atoms with Crippen molar-refractivity contribution in [1.29, 1.82) is 0 Å². The maximum Gasteiger partial charge on any atom is 0.293 e. The first-order chi connectivity index (χ1) is 14.8. The summed E-state index contributed by atoms with van der Waals surface area (Å²) in [6, 6.07) is 7.14. The van der Waals surface area contributed by atoms with Gasteiger partial charge in [0.1, 0.15) is 11.1 Å². The van der Waals surface area contributed by atoms with Crippen LogP contribution in [0, 0.1) is 13.8 Å². The van der Waals surface area contributed by atoms with Crippen molar-refractivity contribution in [2.24, 2.45) is 0 Å². The Bertz CT molecular complexity index is 1170. The van der Waals surface area contributed by atoms with E-state index in [1.54, 1.807) is 32.2 Å². The van der Waals surface area contributed by atoms with Crippen LogP contribution >= 0.6 is 11.3 Å². The molecule has 8 nitrogen and oxygen atoms in total. The summed E-state index contributed by atoms with van der Waals surface area (Å²) < 4.78 is 15.6. The molecule has 0 atom stereocenters. The SMILES string of the molecule is COCC1(NC(=O)C(=O)c2sc(C)c(C(=O)Nc3ccc4occc4c3)c2C)COC1. The van der Waals surface area contributed by atoms with Crippen LogP contribution in [0.15, 0.2) is 34.9 Å². The number of nitrogens with one attached hydrogen (secondary N) is 2. The van der Waals surface area contributed by atoms with Crippen molar-refractivity contribution in [2.75, 3.05) is 32.2 Å². The van der Waals surface area contributed by atoms with E-state index in [0.717, 1.165) is 22.3 Å². The number of benzene rings is 1. The molecule has 3 heterocycles. The van der Waals surface area contributed by atoms with E-state index >= 15 is 0 Å². The molecule has 1 aliphatic heterocycles. The van der Waals surface area contributed by atoms with Crippen LogP contribution in [0.1, 0.15) is 30.5 Å².